The minimum absolute atomic E-state index is 0.0458. The van der Waals surface area contributed by atoms with Gasteiger partial charge in [0.2, 0.25) is 0 Å². The molecule has 2 saturated heterocycles. The molecule has 3 rings (SSSR count). The maximum absolute atomic E-state index is 12.5. The lowest BCUT2D eigenvalue weighted by Crippen LogP contribution is -2.40. The van der Waals surface area contributed by atoms with Crippen LogP contribution < -0.4 is 5.32 Å². The highest BCUT2D eigenvalue weighted by Crippen LogP contribution is 2.19. The molecule has 0 bridgehead atoms. The van der Waals surface area contributed by atoms with E-state index in [1.807, 2.05) is 18.2 Å². The molecule has 1 N–H and O–H groups in total. The summed E-state index contributed by atoms with van der Waals surface area (Å²) in [5.41, 5.74) is 1.97. The first-order valence-electron chi connectivity index (χ1n) is 10.7. The molecule has 0 spiro atoms. The Morgan fingerprint density at radius 2 is 2.07 bits per heavy atom. The predicted octanol–water partition coefficient (Wildman–Crippen LogP) is 2.90. The molecular formula is C22H35N3O2. The Balaban J connectivity index is 1.41. The Bertz CT molecular complexity index is 587. The molecular weight excluding hydrogens is 338 g/mol. The minimum Gasteiger partial charge on any atom is -0.379 e. The molecule has 0 aromatic heterocycles. The third kappa shape index (κ3) is 6.30. The summed E-state index contributed by atoms with van der Waals surface area (Å²) < 4.78 is 5.40. The second-order valence-electron chi connectivity index (χ2n) is 7.79. The molecule has 1 amide bonds. The third-order valence-electron chi connectivity index (χ3n) is 5.83. The van der Waals surface area contributed by atoms with Gasteiger partial charge in [0.25, 0.3) is 5.91 Å². The van der Waals surface area contributed by atoms with Crippen molar-refractivity contribution in [3.05, 3.63) is 35.4 Å². The van der Waals surface area contributed by atoms with Gasteiger partial charge in [0.05, 0.1) is 13.2 Å². The van der Waals surface area contributed by atoms with Gasteiger partial charge in [-0.3, -0.25) is 9.69 Å². The van der Waals surface area contributed by atoms with Gasteiger partial charge in [-0.15, -0.1) is 0 Å². The molecule has 5 nitrogen and oxygen atoms in total. The number of ether oxygens (including phenoxy) is 1. The van der Waals surface area contributed by atoms with Crippen molar-refractivity contribution in [1.29, 1.82) is 0 Å². The van der Waals surface area contributed by atoms with Crippen LogP contribution in [0.3, 0.4) is 0 Å². The number of benzene rings is 1. The Labute approximate surface area is 164 Å². The average molecular weight is 374 g/mol. The normalized spacial score (nSPS) is 21.9. The van der Waals surface area contributed by atoms with Gasteiger partial charge >= 0.3 is 0 Å². The van der Waals surface area contributed by atoms with Crippen molar-refractivity contribution in [2.24, 2.45) is 0 Å². The number of hydrogen-bond acceptors (Lipinski definition) is 4. The van der Waals surface area contributed by atoms with E-state index in [1.165, 1.54) is 37.8 Å². The molecule has 27 heavy (non-hydrogen) atoms. The van der Waals surface area contributed by atoms with Crippen molar-refractivity contribution in [1.82, 2.24) is 15.1 Å². The largest absolute Gasteiger partial charge is 0.379 e. The number of likely N-dealkylation sites (tertiary alicyclic amines) is 1. The van der Waals surface area contributed by atoms with Gasteiger partial charge in [-0.25, -0.2) is 0 Å². The van der Waals surface area contributed by atoms with Crippen molar-refractivity contribution >= 4 is 5.91 Å². The number of carbonyl (C=O) groups is 1. The number of nitrogens with one attached hydrogen (secondary N) is 1. The second-order valence-corrected chi connectivity index (χ2v) is 7.79. The number of amides is 1. The van der Waals surface area contributed by atoms with E-state index in [0.717, 1.165) is 64.0 Å². The zero-order chi connectivity index (χ0) is 18.9. The van der Waals surface area contributed by atoms with Crippen LogP contribution in [0, 0.1) is 0 Å². The number of morpholine rings is 1. The van der Waals surface area contributed by atoms with Gasteiger partial charge in [0.1, 0.15) is 0 Å². The Kier molecular flexibility index (Phi) is 8.11. The number of piperidine rings is 1. The van der Waals surface area contributed by atoms with Crippen molar-refractivity contribution < 1.29 is 9.53 Å². The maximum atomic E-state index is 12.5. The fourth-order valence-electron chi connectivity index (χ4n) is 4.23. The van der Waals surface area contributed by atoms with Gasteiger partial charge in [-0.05, 0) is 49.9 Å². The van der Waals surface area contributed by atoms with Gasteiger partial charge in [0, 0.05) is 44.3 Å². The smallest absolute Gasteiger partial charge is 0.251 e. The van der Waals surface area contributed by atoms with Crippen molar-refractivity contribution in [2.75, 3.05) is 45.9 Å². The third-order valence-corrected chi connectivity index (χ3v) is 5.83. The summed E-state index contributed by atoms with van der Waals surface area (Å²) in [7, 11) is 0. The topological polar surface area (TPSA) is 44.8 Å². The molecule has 5 heteroatoms. The lowest BCUT2D eigenvalue weighted by atomic mass is 10.00. The Hall–Kier alpha value is -1.43. The quantitative estimate of drug-likeness (QED) is 0.712. The summed E-state index contributed by atoms with van der Waals surface area (Å²) in [6, 6.07) is 8.78. The van der Waals surface area contributed by atoms with E-state index in [1.54, 1.807) is 0 Å². The van der Waals surface area contributed by atoms with E-state index in [0.29, 0.717) is 0 Å². The number of carbonyl (C=O) groups excluding carboxylic acids is 1. The SMILES string of the molecule is CC[C@H]1CCCCN1CCCNC(=O)c1cccc(CN2CCOCC2)c1. The number of hydrogen-bond donors (Lipinski definition) is 1. The van der Waals surface area contributed by atoms with E-state index in [9.17, 15) is 4.79 Å². The predicted molar refractivity (Wildman–Crippen MR) is 109 cm³/mol. The second kappa shape index (κ2) is 10.8. The van der Waals surface area contributed by atoms with E-state index < -0.39 is 0 Å². The van der Waals surface area contributed by atoms with Crippen LogP contribution in [-0.4, -0.2) is 67.7 Å². The van der Waals surface area contributed by atoms with Crippen LogP contribution in [0.2, 0.25) is 0 Å². The van der Waals surface area contributed by atoms with Crippen molar-refractivity contribution in [2.45, 2.75) is 51.6 Å². The van der Waals surface area contributed by atoms with E-state index >= 15 is 0 Å². The van der Waals surface area contributed by atoms with Gasteiger partial charge < -0.3 is 15.0 Å². The van der Waals surface area contributed by atoms with Gasteiger partial charge in [-0.1, -0.05) is 25.5 Å². The number of rotatable bonds is 8. The monoisotopic (exact) mass is 373 g/mol. The van der Waals surface area contributed by atoms with Crippen LogP contribution in [0.1, 0.15) is 54.9 Å². The molecule has 2 aliphatic heterocycles. The molecule has 1 atom stereocenters. The van der Waals surface area contributed by atoms with Crippen LogP contribution in [0.15, 0.2) is 24.3 Å². The van der Waals surface area contributed by atoms with E-state index in [4.69, 9.17) is 4.74 Å². The lowest BCUT2D eigenvalue weighted by Gasteiger charge is -2.35. The zero-order valence-corrected chi connectivity index (χ0v) is 16.8. The van der Waals surface area contributed by atoms with E-state index in [-0.39, 0.29) is 5.91 Å². The zero-order valence-electron chi connectivity index (χ0n) is 16.8. The van der Waals surface area contributed by atoms with Crippen LogP contribution in [-0.2, 0) is 11.3 Å². The highest BCUT2D eigenvalue weighted by molar-refractivity contribution is 5.94. The molecule has 1 aromatic rings. The maximum Gasteiger partial charge on any atom is 0.251 e. The first kappa shape index (κ1) is 20.3. The summed E-state index contributed by atoms with van der Waals surface area (Å²) in [5.74, 6) is 0.0458. The Morgan fingerprint density at radius 3 is 2.89 bits per heavy atom. The fourth-order valence-corrected chi connectivity index (χ4v) is 4.23. The molecule has 0 saturated carbocycles. The Morgan fingerprint density at radius 1 is 1.22 bits per heavy atom. The lowest BCUT2D eigenvalue weighted by molar-refractivity contribution is 0.0342. The van der Waals surface area contributed by atoms with Crippen molar-refractivity contribution in [3.8, 4) is 0 Å². The average Bonchev–Trinajstić information content (AvgIpc) is 2.72. The molecule has 0 radical (unpaired) electrons. The summed E-state index contributed by atoms with van der Waals surface area (Å²) in [6.07, 6.45) is 6.28. The van der Waals surface area contributed by atoms with Crippen LogP contribution in [0.4, 0.5) is 0 Å². The van der Waals surface area contributed by atoms with Crippen LogP contribution in [0.5, 0.6) is 0 Å². The first-order chi connectivity index (χ1) is 13.3. The minimum atomic E-state index is 0.0458. The highest BCUT2D eigenvalue weighted by Gasteiger charge is 2.20. The van der Waals surface area contributed by atoms with E-state index in [2.05, 4.69) is 28.1 Å². The fraction of sp³-hybridized carbons (Fsp3) is 0.682. The van der Waals surface area contributed by atoms with Gasteiger partial charge in [-0.2, -0.15) is 0 Å². The summed E-state index contributed by atoms with van der Waals surface area (Å²) in [5, 5.41) is 3.10. The highest BCUT2D eigenvalue weighted by atomic mass is 16.5. The molecule has 2 heterocycles. The molecule has 0 aliphatic carbocycles. The van der Waals surface area contributed by atoms with Crippen LogP contribution in [0.25, 0.3) is 0 Å². The van der Waals surface area contributed by atoms with Crippen molar-refractivity contribution in [3.63, 3.8) is 0 Å². The molecule has 150 valence electrons. The van der Waals surface area contributed by atoms with Gasteiger partial charge in [0.15, 0.2) is 0 Å². The number of nitrogens with zero attached hydrogens (tertiary/aromatic N) is 2. The van der Waals surface area contributed by atoms with Crippen LogP contribution >= 0.6 is 0 Å². The first-order valence-corrected chi connectivity index (χ1v) is 10.7. The summed E-state index contributed by atoms with van der Waals surface area (Å²) >= 11 is 0. The molecule has 1 aromatic carbocycles. The summed E-state index contributed by atoms with van der Waals surface area (Å²) in [6.45, 7) is 9.77. The molecule has 0 unspecified atom stereocenters. The molecule has 2 fully saturated rings. The summed E-state index contributed by atoms with van der Waals surface area (Å²) in [4.78, 5) is 17.5. The standard InChI is InChI=1S/C22H35N3O2/c1-2-21-9-3-4-11-25(21)12-6-10-23-22(26)20-8-5-7-19(17-20)18-24-13-15-27-16-14-24/h5,7-8,17,21H,2-4,6,9-16,18H2,1H3,(H,23,26)/t21-/m0/s1. The molecule has 2 aliphatic rings.